The SMILES string of the molecule is [C-]#[N+]c1cccc(CN2CCN(C(=O)CCc3c(C)nn(-c4ccc5nnc(C)n5n4)c3C)CC2)c1. The van der Waals surface area contributed by atoms with Gasteiger partial charge >= 0.3 is 0 Å². The van der Waals surface area contributed by atoms with Crippen LogP contribution in [0.2, 0.25) is 0 Å². The molecule has 5 rings (SSSR count). The van der Waals surface area contributed by atoms with Crippen molar-refractivity contribution in [1.82, 2.24) is 39.4 Å². The predicted octanol–water partition coefficient (Wildman–Crippen LogP) is 3.06. The fourth-order valence-electron chi connectivity index (χ4n) is 4.79. The Labute approximate surface area is 210 Å². The zero-order valence-electron chi connectivity index (χ0n) is 20.8. The fourth-order valence-corrected chi connectivity index (χ4v) is 4.79. The van der Waals surface area contributed by atoms with Gasteiger partial charge in [-0.2, -0.15) is 9.61 Å². The van der Waals surface area contributed by atoms with Crippen molar-refractivity contribution in [2.45, 2.75) is 40.2 Å². The van der Waals surface area contributed by atoms with Crippen molar-refractivity contribution in [3.63, 3.8) is 0 Å². The van der Waals surface area contributed by atoms with Crippen molar-refractivity contribution in [2.75, 3.05) is 26.2 Å². The monoisotopic (exact) mass is 483 g/mol. The van der Waals surface area contributed by atoms with Gasteiger partial charge in [0.1, 0.15) is 0 Å². The number of piperazine rings is 1. The van der Waals surface area contributed by atoms with Crippen molar-refractivity contribution in [3.05, 3.63) is 76.2 Å². The van der Waals surface area contributed by atoms with Crippen LogP contribution in [0.5, 0.6) is 0 Å². The number of benzene rings is 1. The first-order valence-electron chi connectivity index (χ1n) is 12.1. The van der Waals surface area contributed by atoms with Crippen molar-refractivity contribution in [1.29, 1.82) is 0 Å². The number of hydrogen-bond acceptors (Lipinski definition) is 6. The standard InChI is InChI=1S/C26H29N9O/c1-18-23(19(2)34(30-18)25-10-9-24-29-28-20(3)35(24)31-25)8-11-26(36)33-14-12-32(13-15-33)17-21-6-5-7-22(16-21)27-4/h5-7,9-10,16H,8,11-15,17H2,1-3H3. The molecule has 1 saturated heterocycles. The number of nitrogens with zero attached hydrogens (tertiary/aromatic N) is 9. The van der Waals surface area contributed by atoms with Crippen LogP contribution < -0.4 is 0 Å². The largest absolute Gasteiger partial charge is 0.340 e. The summed E-state index contributed by atoms with van der Waals surface area (Å²) >= 11 is 0. The molecule has 10 heteroatoms. The molecule has 1 amide bonds. The van der Waals surface area contributed by atoms with Gasteiger partial charge in [-0.3, -0.25) is 9.69 Å². The smallest absolute Gasteiger partial charge is 0.222 e. The second kappa shape index (κ2) is 9.87. The summed E-state index contributed by atoms with van der Waals surface area (Å²) in [4.78, 5) is 20.8. The summed E-state index contributed by atoms with van der Waals surface area (Å²) in [6.45, 7) is 17.0. The normalized spacial score (nSPS) is 14.3. The van der Waals surface area contributed by atoms with Crippen LogP contribution in [0.15, 0.2) is 36.4 Å². The van der Waals surface area contributed by atoms with Gasteiger partial charge in [0.15, 0.2) is 23.0 Å². The van der Waals surface area contributed by atoms with Gasteiger partial charge in [0.2, 0.25) is 5.91 Å². The Kier molecular flexibility index (Phi) is 6.48. The van der Waals surface area contributed by atoms with Gasteiger partial charge in [0.25, 0.3) is 0 Å². The summed E-state index contributed by atoms with van der Waals surface area (Å²) < 4.78 is 3.53. The van der Waals surface area contributed by atoms with E-state index in [0.717, 1.165) is 61.1 Å². The number of fused-ring (bicyclic) bond motifs is 1. The van der Waals surface area contributed by atoms with Gasteiger partial charge in [0.05, 0.1) is 12.3 Å². The second-order valence-corrected chi connectivity index (χ2v) is 9.21. The zero-order valence-corrected chi connectivity index (χ0v) is 20.8. The van der Waals surface area contributed by atoms with E-state index in [4.69, 9.17) is 11.7 Å². The molecule has 0 N–H and O–H groups in total. The molecule has 36 heavy (non-hydrogen) atoms. The average Bonchev–Trinajstić information content (AvgIpc) is 3.41. The quantitative estimate of drug-likeness (QED) is 0.392. The predicted molar refractivity (Wildman–Crippen MR) is 135 cm³/mol. The summed E-state index contributed by atoms with van der Waals surface area (Å²) in [5, 5.41) is 17.5. The van der Waals surface area contributed by atoms with Crippen LogP contribution in [0.1, 0.15) is 34.8 Å². The molecule has 1 fully saturated rings. The molecule has 4 aromatic rings. The molecule has 0 unspecified atom stereocenters. The van der Waals surface area contributed by atoms with E-state index in [9.17, 15) is 4.79 Å². The van der Waals surface area contributed by atoms with Crippen molar-refractivity contribution in [2.24, 2.45) is 0 Å². The minimum Gasteiger partial charge on any atom is -0.340 e. The molecule has 0 aliphatic carbocycles. The number of aryl methyl sites for hydroxylation is 2. The Morgan fingerprint density at radius 2 is 1.83 bits per heavy atom. The van der Waals surface area contributed by atoms with Gasteiger partial charge < -0.3 is 4.90 Å². The number of carbonyl (C=O) groups is 1. The van der Waals surface area contributed by atoms with Gasteiger partial charge in [-0.25, -0.2) is 9.53 Å². The summed E-state index contributed by atoms with van der Waals surface area (Å²) in [6, 6.07) is 11.5. The second-order valence-electron chi connectivity index (χ2n) is 9.21. The molecular weight excluding hydrogens is 454 g/mol. The third kappa shape index (κ3) is 4.70. The third-order valence-corrected chi connectivity index (χ3v) is 6.82. The number of carbonyl (C=O) groups excluding carboxylic acids is 1. The fraction of sp³-hybridized carbons (Fsp3) is 0.385. The molecular formula is C26H29N9O. The Bertz CT molecular complexity index is 1450. The topological polar surface area (TPSA) is 88.8 Å². The lowest BCUT2D eigenvalue weighted by molar-refractivity contribution is -0.133. The van der Waals surface area contributed by atoms with E-state index in [2.05, 4.69) is 31.1 Å². The van der Waals surface area contributed by atoms with E-state index in [-0.39, 0.29) is 5.91 Å². The van der Waals surface area contributed by atoms with Crippen LogP contribution in [-0.4, -0.2) is 71.5 Å². The summed E-state index contributed by atoms with van der Waals surface area (Å²) in [5.74, 6) is 1.59. The number of rotatable bonds is 6. The molecule has 0 bridgehead atoms. The van der Waals surface area contributed by atoms with Crippen LogP contribution in [0.4, 0.5) is 5.69 Å². The highest BCUT2D eigenvalue weighted by Crippen LogP contribution is 2.20. The number of hydrogen-bond donors (Lipinski definition) is 0. The van der Waals surface area contributed by atoms with Crippen LogP contribution >= 0.6 is 0 Å². The molecule has 1 aliphatic heterocycles. The van der Waals surface area contributed by atoms with Crippen LogP contribution in [-0.2, 0) is 17.8 Å². The van der Waals surface area contributed by atoms with E-state index < -0.39 is 0 Å². The summed E-state index contributed by atoms with van der Waals surface area (Å²) in [5.41, 5.74) is 5.49. The summed E-state index contributed by atoms with van der Waals surface area (Å²) in [7, 11) is 0. The maximum Gasteiger partial charge on any atom is 0.222 e. The highest BCUT2D eigenvalue weighted by molar-refractivity contribution is 5.76. The number of amides is 1. The molecule has 184 valence electrons. The minimum atomic E-state index is 0.177. The van der Waals surface area contributed by atoms with E-state index >= 15 is 0 Å². The van der Waals surface area contributed by atoms with Crippen LogP contribution in [0.25, 0.3) is 16.3 Å². The molecule has 10 nitrogen and oxygen atoms in total. The lowest BCUT2D eigenvalue weighted by Crippen LogP contribution is -2.48. The van der Waals surface area contributed by atoms with Crippen molar-refractivity contribution < 1.29 is 4.79 Å². The van der Waals surface area contributed by atoms with Gasteiger partial charge in [0, 0.05) is 44.8 Å². The van der Waals surface area contributed by atoms with E-state index in [0.29, 0.717) is 30.0 Å². The van der Waals surface area contributed by atoms with E-state index in [1.54, 1.807) is 4.52 Å². The van der Waals surface area contributed by atoms with Gasteiger partial charge in [-0.05, 0) is 50.5 Å². The van der Waals surface area contributed by atoms with Gasteiger partial charge in [-0.1, -0.05) is 24.3 Å². The maximum atomic E-state index is 13.0. The van der Waals surface area contributed by atoms with Crippen LogP contribution in [0, 0.1) is 27.3 Å². The first-order valence-corrected chi connectivity index (χ1v) is 12.1. The Morgan fingerprint density at radius 3 is 2.61 bits per heavy atom. The molecule has 1 aliphatic rings. The highest BCUT2D eigenvalue weighted by Gasteiger charge is 2.22. The Morgan fingerprint density at radius 1 is 1.03 bits per heavy atom. The molecule has 4 heterocycles. The molecule has 0 saturated carbocycles. The molecule has 0 radical (unpaired) electrons. The molecule has 0 spiro atoms. The minimum absolute atomic E-state index is 0.177. The zero-order chi connectivity index (χ0) is 25.2. The first-order chi connectivity index (χ1) is 17.4. The van der Waals surface area contributed by atoms with E-state index in [1.807, 2.05) is 60.7 Å². The lowest BCUT2D eigenvalue weighted by atomic mass is 10.1. The molecule has 0 atom stereocenters. The Balaban J connectivity index is 1.19. The maximum absolute atomic E-state index is 13.0. The molecule has 1 aromatic carbocycles. The van der Waals surface area contributed by atoms with E-state index in [1.165, 1.54) is 0 Å². The lowest BCUT2D eigenvalue weighted by Gasteiger charge is -2.35. The Hall–Kier alpha value is -4.10. The van der Waals surface area contributed by atoms with Gasteiger partial charge in [-0.15, -0.1) is 15.3 Å². The van der Waals surface area contributed by atoms with Crippen LogP contribution in [0.3, 0.4) is 0 Å². The first kappa shape index (κ1) is 23.6. The average molecular weight is 484 g/mol. The summed E-state index contributed by atoms with van der Waals surface area (Å²) in [6.07, 6.45) is 1.10. The third-order valence-electron chi connectivity index (χ3n) is 6.82. The number of aromatic nitrogens is 6. The highest BCUT2D eigenvalue weighted by atomic mass is 16.2. The molecule has 3 aromatic heterocycles. The van der Waals surface area contributed by atoms with Crippen molar-refractivity contribution in [3.8, 4) is 5.82 Å². The van der Waals surface area contributed by atoms with Crippen molar-refractivity contribution >= 4 is 17.2 Å².